The monoisotopic (exact) mass is 426 g/mol. The van der Waals surface area contributed by atoms with E-state index >= 15 is 0 Å². The molecule has 1 aliphatic carbocycles. The second-order valence-electron chi connectivity index (χ2n) is 7.84. The quantitative estimate of drug-likeness (QED) is 0.205. The van der Waals surface area contributed by atoms with Crippen LogP contribution in [0.1, 0.15) is 121 Å². The van der Waals surface area contributed by atoms with E-state index < -0.39 is 0 Å². The van der Waals surface area contributed by atoms with E-state index in [2.05, 4.69) is 98.9 Å². The summed E-state index contributed by atoms with van der Waals surface area (Å²) in [6, 6.07) is 0. The molecule has 0 nitrogen and oxygen atoms in total. The summed E-state index contributed by atoms with van der Waals surface area (Å²) in [5.41, 5.74) is 11.9. The van der Waals surface area contributed by atoms with Crippen LogP contribution in [0, 0.1) is 0 Å². The molecule has 1 aliphatic rings. The van der Waals surface area contributed by atoms with E-state index in [1.165, 1.54) is 53.5 Å². The van der Waals surface area contributed by atoms with Crippen molar-refractivity contribution in [2.24, 2.45) is 0 Å². The maximum absolute atomic E-state index is 3.48. The molecule has 0 heteroatoms. The summed E-state index contributed by atoms with van der Waals surface area (Å²) in [6.07, 6.45) is 19.0. The van der Waals surface area contributed by atoms with Crippen LogP contribution in [0.25, 0.3) is 0 Å². The molecule has 0 radical (unpaired) electrons. The predicted molar refractivity (Wildman–Crippen MR) is 148 cm³/mol. The second-order valence-corrected chi connectivity index (χ2v) is 7.84. The Bertz CT molecular complexity index is 638. The first kappa shape index (κ1) is 33.8. The lowest BCUT2D eigenvalue weighted by Crippen LogP contribution is -1.86. The van der Waals surface area contributed by atoms with Gasteiger partial charge in [0, 0.05) is 6.42 Å². The van der Waals surface area contributed by atoms with E-state index in [0.717, 1.165) is 19.3 Å². The smallest absolute Gasteiger partial charge is 0.000726 e. The fraction of sp³-hybridized carbons (Fsp3) is 0.581. The summed E-state index contributed by atoms with van der Waals surface area (Å²) in [5.74, 6) is 0. The minimum atomic E-state index is 1.06. The van der Waals surface area contributed by atoms with E-state index in [9.17, 15) is 0 Å². The summed E-state index contributed by atoms with van der Waals surface area (Å²) in [6.45, 7) is 27.1. The Labute approximate surface area is 197 Å². The van der Waals surface area contributed by atoms with Gasteiger partial charge in [-0.2, -0.15) is 0 Å². The number of hydrogen-bond donors (Lipinski definition) is 0. The number of rotatable bonds is 8. The van der Waals surface area contributed by atoms with Crippen molar-refractivity contribution < 1.29 is 0 Å². The summed E-state index contributed by atoms with van der Waals surface area (Å²) in [4.78, 5) is 0. The average molecular weight is 427 g/mol. The van der Waals surface area contributed by atoms with Gasteiger partial charge >= 0.3 is 0 Å². The van der Waals surface area contributed by atoms with Gasteiger partial charge in [0.15, 0.2) is 0 Å². The van der Waals surface area contributed by atoms with Crippen LogP contribution in [0.2, 0.25) is 0 Å². The third kappa shape index (κ3) is 21.2. The van der Waals surface area contributed by atoms with E-state index in [4.69, 9.17) is 0 Å². The first-order chi connectivity index (χ1) is 14.8. The van der Waals surface area contributed by atoms with Crippen LogP contribution in [-0.4, -0.2) is 0 Å². The van der Waals surface area contributed by atoms with Gasteiger partial charge in [-0.3, -0.25) is 0 Å². The molecule has 0 unspecified atom stereocenters. The Morgan fingerprint density at radius 1 is 1.00 bits per heavy atom. The molecule has 178 valence electrons. The standard InChI is InChI=1S/C13H24.C12H16.C4H8.C2H6/c1-6-8-10-12(4)13(5)11(3)9-7-2;1-4-5-6-12-8-10(2)7-11(3)9-12;1-3-4-2;1-2/h10H,6-9H2,1-5H3;5-7H,4,8H2,1-3H3;3H,1,4H2,2H3;1-2H3/b12-10-,13-11+;6-5-;;. The normalized spacial score (nSPS) is 13.8. The van der Waals surface area contributed by atoms with Gasteiger partial charge in [0.1, 0.15) is 0 Å². The Hall–Kier alpha value is -1.78. The lowest BCUT2D eigenvalue weighted by molar-refractivity contribution is 0.888. The van der Waals surface area contributed by atoms with Gasteiger partial charge in [-0.15, -0.1) is 12.3 Å². The topological polar surface area (TPSA) is 0 Å². The third-order valence-electron chi connectivity index (χ3n) is 4.73. The van der Waals surface area contributed by atoms with Crippen LogP contribution in [0.5, 0.6) is 0 Å². The molecule has 1 rings (SSSR count). The van der Waals surface area contributed by atoms with Crippen molar-refractivity contribution in [1.29, 1.82) is 0 Å². The zero-order valence-corrected chi connectivity index (χ0v) is 23.0. The van der Waals surface area contributed by atoms with Gasteiger partial charge < -0.3 is 0 Å². The largest absolute Gasteiger partial charge is 0.114 e. The molecule has 0 aromatic heterocycles. The predicted octanol–water partition coefficient (Wildman–Crippen LogP) is 11.3. The molecule has 31 heavy (non-hydrogen) atoms. The highest BCUT2D eigenvalue weighted by molar-refractivity contribution is 5.35. The highest BCUT2D eigenvalue weighted by Gasteiger charge is 1.99. The van der Waals surface area contributed by atoms with Crippen molar-refractivity contribution in [3.63, 3.8) is 0 Å². The Morgan fingerprint density at radius 3 is 2.00 bits per heavy atom. The second kappa shape index (κ2) is 24.5. The average Bonchev–Trinajstić information content (AvgIpc) is 2.77. The zero-order valence-electron chi connectivity index (χ0n) is 23.0. The third-order valence-corrected chi connectivity index (χ3v) is 4.73. The van der Waals surface area contributed by atoms with Crippen molar-refractivity contribution >= 4 is 0 Å². The first-order valence-electron chi connectivity index (χ1n) is 12.5. The van der Waals surface area contributed by atoms with Crippen LogP contribution < -0.4 is 0 Å². The van der Waals surface area contributed by atoms with E-state index in [1.807, 2.05) is 19.9 Å². The minimum absolute atomic E-state index is 1.06. The van der Waals surface area contributed by atoms with E-state index in [-0.39, 0.29) is 0 Å². The molecule has 0 amide bonds. The fourth-order valence-electron chi connectivity index (χ4n) is 2.83. The molecular weight excluding hydrogens is 372 g/mol. The van der Waals surface area contributed by atoms with Crippen molar-refractivity contribution in [2.45, 2.75) is 121 Å². The highest BCUT2D eigenvalue weighted by atomic mass is 14.0. The van der Waals surface area contributed by atoms with Gasteiger partial charge in [-0.25, -0.2) is 0 Å². The lowest BCUT2D eigenvalue weighted by Gasteiger charge is -2.07. The van der Waals surface area contributed by atoms with Crippen LogP contribution in [0.15, 0.2) is 76.1 Å². The summed E-state index contributed by atoms with van der Waals surface area (Å²) in [5, 5.41) is 0. The van der Waals surface area contributed by atoms with Crippen LogP contribution in [0.4, 0.5) is 0 Å². The maximum atomic E-state index is 3.48. The van der Waals surface area contributed by atoms with Gasteiger partial charge in [-0.05, 0) is 77.0 Å². The first-order valence-corrected chi connectivity index (χ1v) is 12.5. The zero-order chi connectivity index (χ0) is 24.7. The molecule has 0 aromatic carbocycles. The van der Waals surface area contributed by atoms with Crippen molar-refractivity contribution in [3.05, 3.63) is 76.1 Å². The molecule has 0 heterocycles. The Morgan fingerprint density at radius 2 is 1.58 bits per heavy atom. The molecule has 0 atom stereocenters. The van der Waals surface area contributed by atoms with Crippen LogP contribution >= 0.6 is 0 Å². The van der Waals surface area contributed by atoms with Crippen LogP contribution in [-0.2, 0) is 0 Å². The molecule has 0 aliphatic heterocycles. The van der Waals surface area contributed by atoms with E-state index in [0.29, 0.717) is 0 Å². The molecule has 0 bridgehead atoms. The molecule has 0 saturated carbocycles. The van der Waals surface area contributed by atoms with Gasteiger partial charge in [0.2, 0.25) is 0 Å². The Balaban J connectivity index is -0.000000404. The lowest BCUT2D eigenvalue weighted by atomic mass is 9.99. The van der Waals surface area contributed by atoms with E-state index in [1.54, 1.807) is 5.57 Å². The van der Waals surface area contributed by atoms with Crippen molar-refractivity contribution in [3.8, 4) is 0 Å². The highest BCUT2D eigenvalue weighted by Crippen LogP contribution is 2.19. The number of unbranched alkanes of at least 4 members (excludes halogenated alkanes) is 1. The van der Waals surface area contributed by atoms with Crippen LogP contribution in [0.3, 0.4) is 0 Å². The summed E-state index contributed by atoms with van der Waals surface area (Å²) >= 11 is 0. The van der Waals surface area contributed by atoms with Crippen molar-refractivity contribution in [1.82, 2.24) is 0 Å². The molecule has 0 saturated heterocycles. The fourth-order valence-corrected chi connectivity index (χ4v) is 2.83. The van der Waals surface area contributed by atoms with Gasteiger partial charge in [-0.1, -0.05) is 101 Å². The molecule has 0 aromatic rings. The molecule has 0 spiro atoms. The molecular formula is C31H54. The SMILES string of the molecule is C=CCC.CC.CC/C=C\C1=C=C(C)C=C(C)C1.CCC/C=C(C)\C(C)=C(/C)CCC. The van der Waals surface area contributed by atoms with Gasteiger partial charge in [0.25, 0.3) is 0 Å². The number of allylic oxidation sites excluding steroid dienone is 10. The summed E-state index contributed by atoms with van der Waals surface area (Å²) in [7, 11) is 0. The summed E-state index contributed by atoms with van der Waals surface area (Å²) < 4.78 is 0. The van der Waals surface area contributed by atoms with Gasteiger partial charge in [0.05, 0.1) is 0 Å². The van der Waals surface area contributed by atoms with Crippen molar-refractivity contribution in [2.75, 3.05) is 0 Å². The minimum Gasteiger partial charge on any atom is -0.114 e. The maximum Gasteiger partial charge on any atom is 0.000726 e. The molecule has 0 fully saturated rings. The Kier molecular flexibility index (Phi) is 26.7. The number of hydrogen-bond acceptors (Lipinski definition) is 0. The molecule has 0 N–H and O–H groups in total.